The van der Waals surface area contributed by atoms with Gasteiger partial charge >= 0.3 is 0 Å². The highest BCUT2D eigenvalue weighted by Gasteiger charge is 1.95. The molecular formula is C17H33NO2. The van der Waals surface area contributed by atoms with Gasteiger partial charge < -0.3 is 10.5 Å². The Balaban J connectivity index is 3.02. The fourth-order valence-corrected chi connectivity index (χ4v) is 2.01. The topological polar surface area (TPSA) is 52.3 Å². The molecule has 2 N–H and O–H groups in total. The summed E-state index contributed by atoms with van der Waals surface area (Å²) in [7, 11) is 0. The lowest BCUT2D eigenvalue weighted by molar-refractivity contribution is -0.119. The minimum atomic E-state index is -0.284. The number of hydrogen-bond donors (Lipinski definition) is 1. The zero-order chi connectivity index (χ0) is 14.9. The van der Waals surface area contributed by atoms with E-state index in [4.69, 9.17) is 10.5 Å². The smallest absolute Gasteiger partial charge is 0.219 e. The molecule has 0 aliphatic heterocycles. The number of hydrogen-bond acceptors (Lipinski definition) is 2. The molecule has 0 heterocycles. The third-order valence-corrected chi connectivity index (χ3v) is 3.29. The summed E-state index contributed by atoms with van der Waals surface area (Å²) in [4.78, 5) is 10.5. The number of rotatable bonds is 15. The molecule has 0 radical (unpaired) electrons. The van der Waals surface area contributed by atoms with E-state index in [-0.39, 0.29) is 5.91 Å². The summed E-state index contributed by atoms with van der Waals surface area (Å²) in [6.45, 7) is 3.46. The highest BCUT2D eigenvalue weighted by Crippen LogP contribution is 2.08. The number of unbranched alkanes of at least 4 members (excludes halogenated alkanes) is 8. The summed E-state index contributed by atoms with van der Waals surface area (Å²) in [5.41, 5.74) is 5.02. The van der Waals surface area contributed by atoms with Crippen molar-refractivity contribution in [3.05, 3.63) is 12.2 Å². The number of carbonyl (C=O) groups excluding carboxylic acids is 1. The van der Waals surface area contributed by atoms with Crippen LogP contribution in [0, 0.1) is 0 Å². The summed E-state index contributed by atoms with van der Waals surface area (Å²) >= 11 is 0. The van der Waals surface area contributed by atoms with Crippen LogP contribution in [0.25, 0.3) is 0 Å². The van der Waals surface area contributed by atoms with Crippen LogP contribution < -0.4 is 5.73 Å². The Morgan fingerprint density at radius 2 is 1.50 bits per heavy atom. The molecule has 20 heavy (non-hydrogen) atoms. The molecule has 0 aromatic carbocycles. The molecule has 0 aromatic rings. The van der Waals surface area contributed by atoms with Crippen LogP contribution in [0.2, 0.25) is 0 Å². The third kappa shape index (κ3) is 17.2. The van der Waals surface area contributed by atoms with Gasteiger partial charge in [-0.05, 0) is 25.7 Å². The van der Waals surface area contributed by atoms with Crippen molar-refractivity contribution in [3.63, 3.8) is 0 Å². The van der Waals surface area contributed by atoms with Crippen LogP contribution in [-0.4, -0.2) is 19.1 Å². The lowest BCUT2D eigenvalue weighted by atomic mass is 10.1. The van der Waals surface area contributed by atoms with Crippen molar-refractivity contribution >= 4 is 5.91 Å². The Morgan fingerprint density at radius 1 is 0.900 bits per heavy atom. The van der Waals surface area contributed by atoms with E-state index in [1.54, 1.807) is 0 Å². The molecule has 1 amide bonds. The maximum atomic E-state index is 10.5. The van der Waals surface area contributed by atoms with Crippen molar-refractivity contribution in [2.45, 2.75) is 77.6 Å². The van der Waals surface area contributed by atoms with E-state index in [1.807, 2.05) is 0 Å². The van der Waals surface area contributed by atoms with Gasteiger partial charge in [0.05, 0.1) is 6.61 Å². The molecule has 0 fully saturated rings. The number of amides is 1. The molecule has 0 unspecified atom stereocenters. The molecule has 3 nitrogen and oxygen atoms in total. The predicted octanol–water partition coefficient (Wildman–Crippen LogP) is 4.36. The quantitative estimate of drug-likeness (QED) is 0.359. The SMILES string of the molecule is CCCC/C=C\CCCCCCCCOCCC(N)=O. The van der Waals surface area contributed by atoms with Crippen molar-refractivity contribution in [3.8, 4) is 0 Å². The number of ether oxygens (including phenoxy) is 1. The Morgan fingerprint density at radius 3 is 2.15 bits per heavy atom. The number of allylic oxidation sites excluding steroid dienone is 2. The second-order valence-corrected chi connectivity index (χ2v) is 5.35. The van der Waals surface area contributed by atoms with Crippen LogP contribution in [0.5, 0.6) is 0 Å². The third-order valence-electron chi connectivity index (χ3n) is 3.29. The molecule has 0 aliphatic rings. The van der Waals surface area contributed by atoms with Gasteiger partial charge in [-0.15, -0.1) is 0 Å². The van der Waals surface area contributed by atoms with Gasteiger partial charge in [-0.2, -0.15) is 0 Å². The fourth-order valence-electron chi connectivity index (χ4n) is 2.01. The Bertz CT molecular complexity index is 239. The molecule has 118 valence electrons. The zero-order valence-electron chi connectivity index (χ0n) is 13.2. The highest BCUT2D eigenvalue weighted by atomic mass is 16.5. The molecule has 0 aromatic heterocycles. The molecule has 0 atom stereocenters. The van der Waals surface area contributed by atoms with E-state index in [2.05, 4.69) is 19.1 Å². The van der Waals surface area contributed by atoms with E-state index >= 15 is 0 Å². The normalized spacial score (nSPS) is 11.2. The van der Waals surface area contributed by atoms with E-state index in [1.165, 1.54) is 57.8 Å². The van der Waals surface area contributed by atoms with Crippen LogP contribution in [0.1, 0.15) is 77.6 Å². The van der Waals surface area contributed by atoms with Crippen molar-refractivity contribution in [1.82, 2.24) is 0 Å². The minimum Gasteiger partial charge on any atom is -0.381 e. The van der Waals surface area contributed by atoms with Gasteiger partial charge in [0.2, 0.25) is 5.91 Å². The van der Waals surface area contributed by atoms with E-state index < -0.39 is 0 Å². The van der Waals surface area contributed by atoms with Gasteiger partial charge in [-0.25, -0.2) is 0 Å². The average Bonchev–Trinajstić information content (AvgIpc) is 2.43. The first kappa shape index (κ1) is 19.2. The Kier molecular flexibility index (Phi) is 15.6. The van der Waals surface area contributed by atoms with Crippen molar-refractivity contribution in [2.75, 3.05) is 13.2 Å². The molecule has 0 spiro atoms. The Labute approximate surface area is 125 Å². The van der Waals surface area contributed by atoms with Gasteiger partial charge in [0.15, 0.2) is 0 Å². The van der Waals surface area contributed by atoms with Gasteiger partial charge in [0.25, 0.3) is 0 Å². The van der Waals surface area contributed by atoms with Crippen LogP contribution in [0.4, 0.5) is 0 Å². The number of nitrogens with two attached hydrogens (primary N) is 1. The number of carbonyl (C=O) groups is 1. The standard InChI is InChI=1S/C17H33NO2/c1-2-3-4-5-6-7-8-9-10-11-12-13-15-20-16-14-17(18)19/h5-6H,2-4,7-16H2,1H3,(H2,18,19)/b6-5-. The van der Waals surface area contributed by atoms with Gasteiger partial charge in [-0.1, -0.05) is 57.6 Å². The summed E-state index contributed by atoms with van der Waals surface area (Å²) in [5.74, 6) is -0.284. The summed E-state index contributed by atoms with van der Waals surface area (Å²) in [5, 5.41) is 0. The molecule has 3 heteroatoms. The maximum absolute atomic E-state index is 10.5. The van der Waals surface area contributed by atoms with E-state index in [9.17, 15) is 4.79 Å². The monoisotopic (exact) mass is 283 g/mol. The summed E-state index contributed by atoms with van der Waals surface area (Å²) in [6.07, 6.45) is 17.7. The first-order valence-corrected chi connectivity index (χ1v) is 8.28. The van der Waals surface area contributed by atoms with Gasteiger partial charge in [-0.3, -0.25) is 4.79 Å². The van der Waals surface area contributed by atoms with Crippen LogP contribution >= 0.6 is 0 Å². The van der Waals surface area contributed by atoms with Gasteiger partial charge in [0, 0.05) is 13.0 Å². The lowest BCUT2D eigenvalue weighted by Gasteiger charge is -2.03. The molecule has 0 saturated carbocycles. The first-order valence-electron chi connectivity index (χ1n) is 8.28. The first-order chi connectivity index (χ1) is 9.77. The molecule has 0 bridgehead atoms. The van der Waals surface area contributed by atoms with Crippen molar-refractivity contribution in [1.29, 1.82) is 0 Å². The summed E-state index contributed by atoms with van der Waals surface area (Å²) < 4.78 is 5.33. The molecular weight excluding hydrogens is 250 g/mol. The highest BCUT2D eigenvalue weighted by molar-refractivity contribution is 5.73. The lowest BCUT2D eigenvalue weighted by Crippen LogP contribution is -2.13. The Hall–Kier alpha value is -0.830. The minimum absolute atomic E-state index is 0.284. The van der Waals surface area contributed by atoms with Crippen LogP contribution in [-0.2, 0) is 9.53 Å². The second kappa shape index (κ2) is 16.2. The molecule has 0 aliphatic carbocycles. The summed E-state index contributed by atoms with van der Waals surface area (Å²) in [6, 6.07) is 0. The average molecular weight is 283 g/mol. The largest absolute Gasteiger partial charge is 0.381 e. The van der Waals surface area contributed by atoms with Crippen LogP contribution in [0.15, 0.2) is 12.2 Å². The van der Waals surface area contributed by atoms with Crippen molar-refractivity contribution in [2.24, 2.45) is 5.73 Å². The molecule has 0 saturated heterocycles. The van der Waals surface area contributed by atoms with E-state index in [0.717, 1.165) is 13.0 Å². The maximum Gasteiger partial charge on any atom is 0.219 e. The van der Waals surface area contributed by atoms with Crippen molar-refractivity contribution < 1.29 is 9.53 Å². The predicted molar refractivity (Wildman–Crippen MR) is 85.6 cm³/mol. The molecule has 0 rings (SSSR count). The second-order valence-electron chi connectivity index (χ2n) is 5.35. The van der Waals surface area contributed by atoms with Gasteiger partial charge in [0.1, 0.15) is 0 Å². The number of primary amides is 1. The van der Waals surface area contributed by atoms with E-state index in [0.29, 0.717) is 13.0 Å². The van der Waals surface area contributed by atoms with Crippen LogP contribution in [0.3, 0.4) is 0 Å². The fraction of sp³-hybridized carbons (Fsp3) is 0.824. The zero-order valence-corrected chi connectivity index (χ0v) is 13.2.